The maximum absolute atomic E-state index is 12.7. The highest BCUT2D eigenvalue weighted by atomic mass is 79.9. The minimum absolute atomic E-state index is 0.130. The van der Waals surface area contributed by atoms with Crippen molar-refractivity contribution >= 4 is 47.8 Å². The van der Waals surface area contributed by atoms with E-state index < -0.39 is 10.0 Å². The molecule has 1 fully saturated rings. The van der Waals surface area contributed by atoms with Crippen LogP contribution in [-0.2, 0) is 14.8 Å². The number of benzene rings is 1. The molecule has 21 heavy (non-hydrogen) atoms. The normalized spacial score (nSPS) is 19.3. The summed E-state index contributed by atoms with van der Waals surface area (Å²) in [4.78, 5) is 12.2. The smallest absolute Gasteiger partial charge is 0.267 e. The lowest BCUT2D eigenvalue weighted by Gasteiger charge is -2.18. The van der Waals surface area contributed by atoms with E-state index in [9.17, 15) is 13.2 Å². The van der Waals surface area contributed by atoms with Crippen molar-refractivity contribution in [2.24, 2.45) is 5.92 Å². The van der Waals surface area contributed by atoms with Gasteiger partial charge in [-0.25, -0.2) is 12.7 Å². The molecule has 1 atom stereocenters. The molecule has 1 aliphatic heterocycles. The van der Waals surface area contributed by atoms with Crippen LogP contribution in [-0.4, -0.2) is 25.2 Å². The van der Waals surface area contributed by atoms with E-state index in [4.69, 9.17) is 0 Å². The van der Waals surface area contributed by atoms with Crippen LogP contribution in [0.4, 0.5) is 0 Å². The SMILES string of the molecule is CCCC1CC(=O)N(S(=O)(=O)c2cc(Br)c(C)cc2Br)C1. The summed E-state index contributed by atoms with van der Waals surface area (Å²) in [5, 5.41) is 0. The molecule has 0 aromatic heterocycles. The van der Waals surface area contributed by atoms with E-state index in [0.29, 0.717) is 15.4 Å². The third-order valence-corrected chi connectivity index (χ3v) is 7.24. The van der Waals surface area contributed by atoms with Crippen molar-refractivity contribution in [3.05, 3.63) is 26.6 Å². The Balaban J connectivity index is 2.39. The molecule has 2 rings (SSSR count). The summed E-state index contributed by atoms with van der Waals surface area (Å²) in [6, 6.07) is 3.29. The third kappa shape index (κ3) is 3.35. The molecule has 0 radical (unpaired) electrons. The number of halogens is 2. The summed E-state index contributed by atoms with van der Waals surface area (Å²) in [7, 11) is -3.80. The Morgan fingerprint density at radius 1 is 1.29 bits per heavy atom. The van der Waals surface area contributed by atoms with E-state index in [0.717, 1.165) is 22.7 Å². The number of aryl methyl sites for hydroxylation is 1. The molecular formula is C14H17Br2NO3S. The second-order valence-electron chi connectivity index (χ2n) is 5.32. The minimum Gasteiger partial charge on any atom is -0.274 e. The highest BCUT2D eigenvalue weighted by molar-refractivity contribution is 9.11. The highest BCUT2D eigenvalue weighted by Crippen LogP contribution is 2.34. The van der Waals surface area contributed by atoms with Gasteiger partial charge in [-0.15, -0.1) is 0 Å². The Hall–Kier alpha value is -0.400. The first kappa shape index (κ1) is 17.0. The molecule has 0 saturated carbocycles. The van der Waals surface area contributed by atoms with Crippen LogP contribution in [0.3, 0.4) is 0 Å². The van der Waals surface area contributed by atoms with Crippen molar-refractivity contribution in [3.8, 4) is 0 Å². The van der Waals surface area contributed by atoms with Gasteiger partial charge in [0.1, 0.15) is 4.90 Å². The summed E-state index contributed by atoms with van der Waals surface area (Å²) in [6.07, 6.45) is 2.14. The zero-order valence-electron chi connectivity index (χ0n) is 11.9. The Bertz CT molecular complexity index is 673. The van der Waals surface area contributed by atoms with E-state index in [2.05, 4.69) is 31.9 Å². The lowest BCUT2D eigenvalue weighted by molar-refractivity contribution is -0.123. The quantitative estimate of drug-likeness (QED) is 0.717. The summed E-state index contributed by atoms with van der Waals surface area (Å²) >= 11 is 6.64. The fourth-order valence-electron chi connectivity index (χ4n) is 2.53. The molecule has 1 aromatic rings. The van der Waals surface area contributed by atoms with Crippen LogP contribution < -0.4 is 0 Å². The highest BCUT2D eigenvalue weighted by Gasteiger charge is 2.38. The number of carbonyl (C=O) groups is 1. The second kappa shape index (κ2) is 6.38. The molecule has 1 amide bonds. The Morgan fingerprint density at radius 3 is 2.57 bits per heavy atom. The van der Waals surface area contributed by atoms with Crippen molar-refractivity contribution in [3.63, 3.8) is 0 Å². The molecule has 1 heterocycles. The van der Waals surface area contributed by atoms with Crippen LogP contribution in [0.15, 0.2) is 26.0 Å². The molecule has 1 aliphatic rings. The van der Waals surface area contributed by atoms with Crippen LogP contribution in [0, 0.1) is 12.8 Å². The molecule has 1 unspecified atom stereocenters. The number of nitrogens with zero attached hydrogens (tertiary/aromatic N) is 1. The van der Waals surface area contributed by atoms with Gasteiger partial charge in [0.15, 0.2) is 0 Å². The predicted molar refractivity (Wildman–Crippen MR) is 88.5 cm³/mol. The molecule has 116 valence electrons. The predicted octanol–water partition coefficient (Wildman–Crippen LogP) is 3.86. The van der Waals surface area contributed by atoms with Crippen LogP contribution in [0.25, 0.3) is 0 Å². The third-order valence-electron chi connectivity index (χ3n) is 3.64. The van der Waals surface area contributed by atoms with Crippen molar-refractivity contribution in [2.75, 3.05) is 6.54 Å². The van der Waals surface area contributed by atoms with E-state index in [1.807, 2.05) is 13.8 Å². The molecule has 7 heteroatoms. The Morgan fingerprint density at radius 2 is 1.95 bits per heavy atom. The maximum Gasteiger partial charge on any atom is 0.267 e. The van der Waals surface area contributed by atoms with Gasteiger partial charge in [-0.2, -0.15) is 0 Å². The van der Waals surface area contributed by atoms with E-state index in [-0.39, 0.29) is 23.3 Å². The maximum atomic E-state index is 12.7. The van der Waals surface area contributed by atoms with Crippen molar-refractivity contribution < 1.29 is 13.2 Å². The van der Waals surface area contributed by atoms with Gasteiger partial charge in [-0.1, -0.05) is 29.3 Å². The fraction of sp³-hybridized carbons (Fsp3) is 0.500. The van der Waals surface area contributed by atoms with E-state index in [1.54, 1.807) is 12.1 Å². The monoisotopic (exact) mass is 437 g/mol. The standard InChI is InChI=1S/C14H17Br2NO3S/c1-3-4-10-6-14(18)17(8-10)21(19,20)13-7-11(15)9(2)5-12(13)16/h5,7,10H,3-4,6,8H2,1-2H3. The second-order valence-corrected chi connectivity index (χ2v) is 8.86. The summed E-state index contributed by atoms with van der Waals surface area (Å²) < 4.78 is 27.7. The number of amides is 1. The van der Waals surface area contributed by atoms with Gasteiger partial charge in [0.05, 0.1) is 0 Å². The number of sulfonamides is 1. The Kier molecular flexibility index (Phi) is 5.15. The lowest BCUT2D eigenvalue weighted by atomic mass is 10.0. The summed E-state index contributed by atoms with van der Waals surface area (Å²) in [5.74, 6) is -0.179. The first-order valence-corrected chi connectivity index (χ1v) is 9.81. The molecule has 4 nitrogen and oxygen atoms in total. The van der Waals surface area contributed by atoms with E-state index in [1.165, 1.54) is 0 Å². The summed E-state index contributed by atoms with van der Waals surface area (Å²) in [5.41, 5.74) is 0.928. The number of hydrogen-bond acceptors (Lipinski definition) is 3. The zero-order chi connectivity index (χ0) is 15.8. The molecule has 1 saturated heterocycles. The Labute approximate surface area is 142 Å². The van der Waals surface area contributed by atoms with Gasteiger partial charge < -0.3 is 0 Å². The lowest BCUT2D eigenvalue weighted by Crippen LogP contribution is -2.32. The molecule has 0 bridgehead atoms. The topological polar surface area (TPSA) is 54.5 Å². The molecule has 0 spiro atoms. The zero-order valence-corrected chi connectivity index (χ0v) is 15.9. The van der Waals surface area contributed by atoms with Gasteiger partial charge in [0, 0.05) is 21.9 Å². The van der Waals surface area contributed by atoms with Crippen molar-refractivity contribution in [2.45, 2.75) is 38.0 Å². The molecule has 0 aliphatic carbocycles. The van der Waals surface area contributed by atoms with Gasteiger partial charge in [-0.3, -0.25) is 4.79 Å². The average molecular weight is 439 g/mol. The van der Waals surface area contributed by atoms with Gasteiger partial charge in [0.2, 0.25) is 5.91 Å². The van der Waals surface area contributed by atoms with E-state index >= 15 is 0 Å². The van der Waals surface area contributed by atoms with Crippen molar-refractivity contribution in [1.82, 2.24) is 4.31 Å². The molecule has 0 N–H and O–H groups in total. The molecular weight excluding hydrogens is 422 g/mol. The van der Waals surface area contributed by atoms with Crippen LogP contribution >= 0.6 is 31.9 Å². The number of rotatable bonds is 4. The fourth-order valence-corrected chi connectivity index (χ4v) is 5.65. The minimum atomic E-state index is -3.80. The summed E-state index contributed by atoms with van der Waals surface area (Å²) in [6.45, 7) is 4.20. The first-order valence-electron chi connectivity index (χ1n) is 6.78. The largest absolute Gasteiger partial charge is 0.274 e. The average Bonchev–Trinajstić information content (AvgIpc) is 2.76. The van der Waals surface area contributed by atoms with Crippen molar-refractivity contribution in [1.29, 1.82) is 0 Å². The van der Waals surface area contributed by atoms with Gasteiger partial charge in [-0.05, 0) is 52.9 Å². The molecule has 1 aromatic carbocycles. The van der Waals surface area contributed by atoms with Gasteiger partial charge in [0.25, 0.3) is 10.0 Å². The van der Waals surface area contributed by atoms with Crippen LogP contribution in [0.2, 0.25) is 0 Å². The van der Waals surface area contributed by atoms with Gasteiger partial charge >= 0.3 is 0 Å². The van der Waals surface area contributed by atoms with Crippen LogP contribution in [0.1, 0.15) is 31.7 Å². The van der Waals surface area contributed by atoms with Crippen LogP contribution in [0.5, 0.6) is 0 Å². The first-order chi connectivity index (χ1) is 9.77. The number of carbonyl (C=O) groups excluding carboxylic acids is 1. The number of hydrogen-bond donors (Lipinski definition) is 0.